The van der Waals surface area contributed by atoms with Crippen LogP contribution in [0.5, 0.6) is 0 Å². The highest BCUT2D eigenvalue weighted by molar-refractivity contribution is 4.97. The zero-order valence-corrected chi connectivity index (χ0v) is 12.0. The summed E-state index contributed by atoms with van der Waals surface area (Å²) in [6.07, 6.45) is 3.49. The standard InChI is InChI=1S/C14H30N2O/c1-5-14(4,16(6-2)7-3)13(15)12-9-8-10-17-11-12/h12-13H,5-11,15H2,1-4H3. The Hall–Kier alpha value is -0.120. The van der Waals surface area contributed by atoms with Crippen molar-refractivity contribution in [2.45, 2.75) is 58.5 Å². The molecule has 0 aliphatic carbocycles. The Kier molecular flexibility index (Phi) is 5.90. The highest BCUT2D eigenvalue weighted by Crippen LogP contribution is 2.30. The van der Waals surface area contributed by atoms with Crippen molar-refractivity contribution in [3.63, 3.8) is 0 Å². The van der Waals surface area contributed by atoms with E-state index < -0.39 is 0 Å². The van der Waals surface area contributed by atoms with Crippen molar-refractivity contribution in [1.82, 2.24) is 4.90 Å². The molecule has 102 valence electrons. The van der Waals surface area contributed by atoms with Crippen LogP contribution in [0, 0.1) is 5.92 Å². The number of nitrogens with zero attached hydrogens (tertiary/aromatic N) is 1. The molecule has 0 aromatic carbocycles. The van der Waals surface area contributed by atoms with E-state index in [-0.39, 0.29) is 11.6 Å². The molecule has 3 atom stereocenters. The monoisotopic (exact) mass is 242 g/mol. The Morgan fingerprint density at radius 1 is 1.35 bits per heavy atom. The molecule has 0 bridgehead atoms. The first kappa shape index (κ1) is 14.9. The lowest BCUT2D eigenvalue weighted by atomic mass is 9.78. The fourth-order valence-electron chi connectivity index (χ4n) is 3.17. The second kappa shape index (κ2) is 6.72. The summed E-state index contributed by atoms with van der Waals surface area (Å²) in [4.78, 5) is 2.51. The minimum absolute atomic E-state index is 0.106. The van der Waals surface area contributed by atoms with Crippen LogP contribution in [-0.4, -0.2) is 42.8 Å². The van der Waals surface area contributed by atoms with E-state index >= 15 is 0 Å². The van der Waals surface area contributed by atoms with E-state index in [1.165, 1.54) is 6.42 Å². The van der Waals surface area contributed by atoms with E-state index in [1.807, 2.05) is 0 Å². The number of rotatable bonds is 6. The Labute approximate surface area is 107 Å². The Morgan fingerprint density at radius 2 is 2.00 bits per heavy atom. The fourth-order valence-corrected chi connectivity index (χ4v) is 3.17. The zero-order valence-electron chi connectivity index (χ0n) is 12.0. The first-order valence-electron chi connectivity index (χ1n) is 7.18. The summed E-state index contributed by atoms with van der Waals surface area (Å²) in [6, 6.07) is 0.215. The zero-order chi connectivity index (χ0) is 12.9. The molecule has 1 fully saturated rings. The Morgan fingerprint density at radius 3 is 2.41 bits per heavy atom. The summed E-state index contributed by atoms with van der Waals surface area (Å²) in [5.74, 6) is 0.522. The van der Waals surface area contributed by atoms with Crippen molar-refractivity contribution in [2.24, 2.45) is 11.7 Å². The van der Waals surface area contributed by atoms with E-state index in [4.69, 9.17) is 10.5 Å². The van der Waals surface area contributed by atoms with E-state index in [9.17, 15) is 0 Å². The van der Waals surface area contributed by atoms with Gasteiger partial charge in [0.1, 0.15) is 0 Å². The van der Waals surface area contributed by atoms with Gasteiger partial charge in [-0.05, 0) is 45.2 Å². The second-order valence-corrected chi connectivity index (χ2v) is 5.39. The maximum absolute atomic E-state index is 6.57. The summed E-state index contributed by atoms with van der Waals surface area (Å²) >= 11 is 0. The van der Waals surface area contributed by atoms with Crippen molar-refractivity contribution >= 4 is 0 Å². The van der Waals surface area contributed by atoms with Gasteiger partial charge in [0.25, 0.3) is 0 Å². The molecular formula is C14H30N2O. The van der Waals surface area contributed by atoms with Crippen LogP contribution in [0.25, 0.3) is 0 Å². The minimum atomic E-state index is 0.106. The van der Waals surface area contributed by atoms with Gasteiger partial charge >= 0.3 is 0 Å². The minimum Gasteiger partial charge on any atom is -0.381 e. The highest BCUT2D eigenvalue weighted by atomic mass is 16.5. The molecule has 0 spiro atoms. The molecule has 0 aromatic rings. The third-order valence-corrected chi connectivity index (χ3v) is 4.62. The molecular weight excluding hydrogens is 212 g/mol. The lowest BCUT2D eigenvalue weighted by molar-refractivity contribution is -0.00207. The van der Waals surface area contributed by atoms with Crippen LogP contribution >= 0.6 is 0 Å². The van der Waals surface area contributed by atoms with Gasteiger partial charge < -0.3 is 10.5 Å². The largest absolute Gasteiger partial charge is 0.381 e. The molecule has 0 aromatic heterocycles. The van der Waals surface area contributed by atoms with Gasteiger partial charge in [-0.1, -0.05) is 20.8 Å². The van der Waals surface area contributed by atoms with Crippen molar-refractivity contribution in [1.29, 1.82) is 0 Å². The first-order chi connectivity index (χ1) is 8.10. The molecule has 2 N–H and O–H groups in total. The maximum atomic E-state index is 6.57. The van der Waals surface area contributed by atoms with Crippen LogP contribution in [0.1, 0.15) is 47.0 Å². The third kappa shape index (κ3) is 3.21. The average molecular weight is 242 g/mol. The van der Waals surface area contributed by atoms with Gasteiger partial charge in [-0.25, -0.2) is 0 Å². The van der Waals surface area contributed by atoms with Crippen LogP contribution < -0.4 is 5.73 Å². The lowest BCUT2D eigenvalue weighted by Crippen LogP contribution is -2.61. The van der Waals surface area contributed by atoms with Gasteiger partial charge in [-0.15, -0.1) is 0 Å². The van der Waals surface area contributed by atoms with Gasteiger partial charge in [-0.3, -0.25) is 4.90 Å². The maximum Gasteiger partial charge on any atom is 0.0509 e. The number of nitrogens with two attached hydrogens (primary N) is 1. The Bertz CT molecular complexity index is 212. The highest BCUT2D eigenvalue weighted by Gasteiger charge is 2.39. The molecule has 3 heteroatoms. The summed E-state index contributed by atoms with van der Waals surface area (Å²) in [5, 5.41) is 0. The third-order valence-electron chi connectivity index (χ3n) is 4.62. The molecule has 0 amide bonds. The molecule has 0 saturated carbocycles. The van der Waals surface area contributed by atoms with Crippen molar-refractivity contribution in [2.75, 3.05) is 26.3 Å². The van der Waals surface area contributed by atoms with Crippen LogP contribution in [0.2, 0.25) is 0 Å². The van der Waals surface area contributed by atoms with Crippen LogP contribution in [0.15, 0.2) is 0 Å². The molecule has 17 heavy (non-hydrogen) atoms. The van der Waals surface area contributed by atoms with Gasteiger partial charge in [0.2, 0.25) is 0 Å². The van der Waals surface area contributed by atoms with Crippen LogP contribution in [0.4, 0.5) is 0 Å². The van der Waals surface area contributed by atoms with Crippen molar-refractivity contribution in [3.05, 3.63) is 0 Å². The molecule has 0 radical (unpaired) electrons. The summed E-state index contributed by atoms with van der Waals surface area (Å²) in [5.41, 5.74) is 6.67. The molecule has 1 heterocycles. The first-order valence-corrected chi connectivity index (χ1v) is 7.18. The van der Waals surface area contributed by atoms with Crippen LogP contribution in [-0.2, 0) is 4.74 Å². The SMILES string of the molecule is CCN(CC)C(C)(CC)C(N)C1CCCOC1. The van der Waals surface area contributed by atoms with E-state index in [2.05, 4.69) is 32.6 Å². The fraction of sp³-hybridized carbons (Fsp3) is 1.00. The quantitative estimate of drug-likeness (QED) is 0.776. The van der Waals surface area contributed by atoms with E-state index in [0.717, 1.165) is 39.1 Å². The average Bonchev–Trinajstić information content (AvgIpc) is 2.39. The smallest absolute Gasteiger partial charge is 0.0509 e. The molecule has 1 rings (SSSR count). The predicted molar refractivity (Wildman–Crippen MR) is 73.1 cm³/mol. The molecule has 1 aliphatic heterocycles. The molecule has 1 saturated heterocycles. The van der Waals surface area contributed by atoms with Gasteiger partial charge in [0, 0.05) is 18.2 Å². The predicted octanol–water partition coefficient (Wildman–Crippen LogP) is 2.25. The Balaban J connectivity index is 2.75. The van der Waals surface area contributed by atoms with Crippen molar-refractivity contribution in [3.8, 4) is 0 Å². The van der Waals surface area contributed by atoms with E-state index in [0.29, 0.717) is 5.92 Å². The normalized spacial score (nSPS) is 26.8. The van der Waals surface area contributed by atoms with Crippen molar-refractivity contribution < 1.29 is 4.74 Å². The summed E-state index contributed by atoms with van der Waals surface area (Å²) in [6.45, 7) is 12.9. The molecule has 1 aliphatic rings. The molecule has 3 unspecified atom stereocenters. The van der Waals surface area contributed by atoms with Crippen LogP contribution in [0.3, 0.4) is 0 Å². The number of hydrogen-bond acceptors (Lipinski definition) is 3. The van der Waals surface area contributed by atoms with Gasteiger partial charge in [-0.2, -0.15) is 0 Å². The lowest BCUT2D eigenvalue weighted by Gasteiger charge is -2.47. The molecule has 3 nitrogen and oxygen atoms in total. The number of hydrogen-bond donors (Lipinski definition) is 1. The summed E-state index contributed by atoms with van der Waals surface area (Å²) in [7, 11) is 0. The number of ether oxygens (including phenoxy) is 1. The van der Waals surface area contributed by atoms with Gasteiger partial charge in [0.05, 0.1) is 6.61 Å². The summed E-state index contributed by atoms with van der Waals surface area (Å²) < 4.78 is 5.59. The van der Waals surface area contributed by atoms with Gasteiger partial charge in [0.15, 0.2) is 0 Å². The topological polar surface area (TPSA) is 38.5 Å². The number of likely N-dealkylation sites (N-methyl/N-ethyl adjacent to an activating group) is 1. The van der Waals surface area contributed by atoms with E-state index in [1.54, 1.807) is 0 Å². The second-order valence-electron chi connectivity index (χ2n) is 5.39.